The molecule has 118 valence electrons. The summed E-state index contributed by atoms with van der Waals surface area (Å²) < 4.78 is 27.4. The van der Waals surface area contributed by atoms with Crippen molar-refractivity contribution < 1.29 is 13.5 Å². The Balaban J connectivity index is 2.10. The molecule has 4 N–H and O–H groups in total. The first-order valence-corrected chi connectivity index (χ1v) is 8.82. The van der Waals surface area contributed by atoms with Crippen molar-refractivity contribution >= 4 is 15.7 Å². The maximum Gasteiger partial charge on any atom is 0.242 e. The maximum atomic E-state index is 12.4. The molecule has 0 heterocycles. The molecular formula is C15H24N2O3S. The summed E-state index contributed by atoms with van der Waals surface area (Å²) in [5.41, 5.74) is 8.00. The highest BCUT2D eigenvalue weighted by atomic mass is 32.2. The van der Waals surface area contributed by atoms with Crippen LogP contribution in [0.15, 0.2) is 17.0 Å². The number of sulfonamides is 1. The normalized spacial score (nSPS) is 23.2. The highest BCUT2D eigenvalue weighted by molar-refractivity contribution is 7.89. The first kappa shape index (κ1) is 16.3. The number of aryl methyl sites for hydroxylation is 2. The van der Waals surface area contributed by atoms with E-state index < -0.39 is 10.0 Å². The van der Waals surface area contributed by atoms with Crippen LogP contribution in [0.25, 0.3) is 0 Å². The monoisotopic (exact) mass is 312 g/mol. The van der Waals surface area contributed by atoms with Crippen LogP contribution in [0.5, 0.6) is 0 Å². The number of nitrogen functional groups attached to an aromatic ring is 1. The highest BCUT2D eigenvalue weighted by Crippen LogP contribution is 2.25. The molecule has 2 atom stereocenters. The van der Waals surface area contributed by atoms with E-state index in [2.05, 4.69) is 4.72 Å². The lowest BCUT2D eigenvalue weighted by atomic mass is 9.87. The van der Waals surface area contributed by atoms with Crippen LogP contribution < -0.4 is 10.5 Å². The van der Waals surface area contributed by atoms with Crippen molar-refractivity contribution in [2.45, 2.75) is 50.5 Å². The van der Waals surface area contributed by atoms with Gasteiger partial charge >= 0.3 is 0 Å². The molecule has 1 aliphatic carbocycles. The van der Waals surface area contributed by atoms with Crippen LogP contribution in [0.4, 0.5) is 5.69 Å². The van der Waals surface area contributed by atoms with Crippen molar-refractivity contribution in [3.8, 4) is 0 Å². The molecule has 2 rings (SSSR count). The predicted molar refractivity (Wildman–Crippen MR) is 83.5 cm³/mol. The number of rotatable bonds is 4. The third-order valence-electron chi connectivity index (χ3n) is 4.23. The smallest absolute Gasteiger partial charge is 0.242 e. The lowest BCUT2D eigenvalue weighted by Gasteiger charge is -2.26. The summed E-state index contributed by atoms with van der Waals surface area (Å²) in [7, 11) is -3.60. The van der Waals surface area contributed by atoms with E-state index in [0.717, 1.165) is 30.4 Å². The van der Waals surface area contributed by atoms with Crippen molar-refractivity contribution in [1.29, 1.82) is 0 Å². The molecule has 1 aromatic carbocycles. The maximum absolute atomic E-state index is 12.4. The number of hydrogen-bond acceptors (Lipinski definition) is 4. The van der Waals surface area contributed by atoms with Crippen molar-refractivity contribution in [2.24, 2.45) is 5.92 Å². The zero-order valence-corrected chi connectivity index (χ0v) is 13.4. The first-order valence-electron chi connectivity index (χ1n) is 7.34. The molecule has 0 amide bonds. The molecule has 1 saturated carbocycles. The van der Waals surface area contributed by atoms with Crippen LogP contribution in [0.3, 0.4) is 0 Å². The van der Waals surface area contributed by atoms with Gasteiger partial charge < -0.3 is 10.8 Å². The molecule has 2 unspecified atom stereocenters. The molecule has 5 nitrogen and oxygen atoms in total. The Morgan fingerprint density at radius 1 is 1.29 bits per heavy atom. The quantitative estimate of drug-likeness (QED) is 0.738. The molecule has 1 fully saturated rings. The molecular weight excluding hydrogens is 288 g/mol. The largest absolute Gasteiger partial charge is 0.398 e. The second-order valence-electron chi connectivity index (χ2n) is 6.01. The van der Waals surface area contributed by atoms with Gasteiger partial charge in [0, 0.05) is 6.54 Å². The number of hydrogen-bond donors (Lipinski definition) is 3. The summed E-state index contributed by atoms with van der Waals surface area (Å²) >= 11 is 0. The third kappa shape index (κ3) is 3.96. The molecule has 1 aromatic rings. The van der Waals surface area contributed by atoms with Gasteiger partial charge in [-0.05, 0) is 62.3 Å². The molecule has 21 heavy (non-hydrogen) atoms. The van der Waals surface area contributed by atoms with Crippen LogP contribution in [0.2, 0.25) is 0 Å². The Morgan fingerprint density at radius 3 is 2.62 bits per heavy atom. The number of anilines is 1. The fraction of sp³-hybridized carbons (Fsp3) is 0.600. The van der Waals surface area contributed by atoms with Crippen LogP contribution in [-0.2, 0) is 10.0 Å². The number of nitrogens with one attached hydrogen (secondary N) is 1. The summed E-state index contributed by atoms with van der Waals surface area (Å²) in [4.78, 5) is 0.141. The topological polar surface area (TPSA) is 92.4 Å². The number of nitrogens with two attached hydrogens (primary N) is 1. The summed E-state index contributed by atoms with van der Waals surface area (Å²) in [5, 5.41) is 9.64. The number of aliphatic hydroxyl groups is 1. The van der Waals surface area contributed by atoms with Crippen molar-refractivity contribution in [3.63, 3.8) is 0 Å². The highest BCUT2D eigenvalue weighted by Gasteiger charge is 2.24. The Kier molecular flexibility index (Phi) is 4.91. The Labute approximate surface area is 126 Å². The third-order valence-corrected chi connectivity index (χ3v) is 5.71. The van der Waals surface area contributed by atoms with E-state index in [1.54, 1.807) is 12.1 Å². The summed E-state index contributed by atoms with van der Waals surface area (Å²) in [6.07, 6.45) is 3.06. The van der Waals surface area contributed by atoms with Crippen LogP contribution in [-0.4, -0.2) is 26.2 Å². The lowest BCUT2D eigenvalue weighted by Crippen LogP contribution is -2.33. The van der Waals surface area contributed by atoms with Gasteiger partial charge in [-0.15, -0.1) is 0 Å². The van der Waals surface area contributed by atoms with Gasteiger partial charge in [0.25, 0.3) is 0 Å². The predicted octanol–water partition coefficient (Wildman–Crippen LogP) is 1.72. The van der Waals surface area contributed by atoms with E-state index in [4.69, 9.17) is 5.73 Å². The molecule has 0 aromatic heterocycles. The summed E-state index contributed by atoms with van der Waals surface area (Å²) in [6, 6.07) is 3.30. The molecule has 0 saturated heterocycles. The summed E-state index contributed by atoms with van der Waals surface area (Å²) in [6.45, 7) is 4.12. The average Bonchev–Trinajstić information content (AvgIpc) is 2.41. The fourth-order valence-electron chi connectivity index (χ4n) is 2.80. The zero-order chi connectivity index (χ0) is 15.6. The van der Waals surface area contributed by atoms with Gasteiger partial charge in [0.1, 0.15) is 4.90 Å². The molecule has 6 heteroatoms. The van der Waals surface area contributed by atoms with Crippen LogP contribution in [0.1, 0.15) is 36.8 Å². The zero-order valence-electron chi connectivity index (χ0n) is 12.6. The number of benzene rings is 1. The van der Waals surface area contributed by atoms with Gasteiger partial charge in [-0.3, -0.25) is 0 Å². The average molecular weight is 312 g/mol. The Hall–Kier alpha value is -1.11. The van der Waals surface area contributed by atoms with E-state index in [9.17, 15) is 13.5 Å². The van der Waals surface area contributed by atoms with E-state index in [1.807, 2.05) is 13.8 Å². The second-order valence-corrected chi connectivity index (χ2v) is 7.75. The SMILES string of the molecule is Cc1cc(N)c(S(=O)(=O)NCC2CCCC(O)C2)cc1C. The van der Waals surface area contributed by atoms with Crippen molar-refractivity contribution in [3.05, 3.63) is 23.3 Å². The van der Waals surface area contributed by atoms with E-state index >= 15 is 0 Å². The van der Waals surface area contributed by atoms with Gasteiger partial charge in [-0.1, -0.05) is 6.42 Å². The standard InChI is InChI=1S/C15H24N2O3S/c1-10-6-14(16)15(7-11(10)2)21(19,20)17-9-12-4-3-5-13(18)8-12/h6-7,12-13,17-18H,3-5,8-9,16H2,1-2H3. The number of aliphatic hydroxyl groups excluding tert-OH is 1. The minimum Gasteiger partial charge on any atom is -0.398 e. The minimum atomic E-state index is -3.60. The van der Waals surface area contributed by atoms with E-state index in [1.165, 1.54) is 0 Å². The fourth-order valence-corrected chi connectivity index (χ4v) is 4.11. The van der Waals surface area contributed by atoms with Crippen LogP contribution in [0, 0.1) is 19.8 Å². The van der Waals surface area contributed by atoms with E-state index in [-0.39, 0.29) is 22.6 Å². The molecule has 0 radical (unpaired) electrons. The van der Waals surface area contributed by atoms with Crippen molar-refractivity contribution in [1.82, 2.24) is 4.72 Å². The first-order chi connectivity index (χ1) is 9.79. The lowest BCUT2D eigenvalue weighted by molar-refractivity contribution is 0.102. The summed E-state index contributed by atoms with van der Waals surface area (Å²) in [5.74, 6) is 0.191. The Bertz CT molecular complexity index is 614. The van der Waals surface area contributed by atoms with Crippen LogP contribution >= 0.6 is 0 Å². The van der Waals surface area contributed by atoms with Crippen molar-refractivity contribution in [2.75, 3.05) is 12.3 Å². The van der Waals surface area contributed by atoms with Gasteiger partial charge in [-0.25, -0.2) is 13.1 Å². The van der Waals surface area contributed by atoms with Gasteiger partial charge in [0.05, 0.1) is 11.8 Å². The Morgan fingerprint density at radius 2 is 1.95 bits per heavy atom. The molecule has 0 bridgehead atoms. The van der Waals surface area contributed by atoms with Gasteiger partial charge in [0.15, 0.2) is 0 Å². The molecule has 1 aliphatic rings. The van der Waals surface area contributed by atoms with Gasteiger partial charge in [-0.2, -0.15) is 0 Å². The molecule has 0 spiro atoms. The molecule has 0 aliphatic heterocycles. The second kappa shape index (κ2) is 6.34. The minimum absolute atomic E-state index is 0.141. The van der Waals surface area contributed by atoms with E-state index in [0.29, 0.717) is 13.0 Å². The van der Waals surface area contributed by atoms with Gasteiger partial charge in [0.2, 0.25) is 10.0 Å².